The number of hydrogen-bond donors (Lipinski definition) is 2. The number of aromatic amines is 1. The van der Waals surface area contributed by atoms with Gasteiger partial charge in [-0.05, 0) is 53.1 Å². The molecule has 2 N–H and O–H groups in total. The van der Waals surface area contributed by atoms with E-state index in [0.29, 0.717) is 17.8 Å². The fourth-order valence-corrected chi connectivity index (χ4v) is 5.65. The number of ketones is 1. The molecule has 0 spiro atoms. The Morgan fingerprint density at radius 1 is 1.19 bits per heavy atom. The van der Waals surface area contributed by atoms with Gasteiger partial charge in [-0.2, -0.15) is 0 Å². The van der Waals surface area contributed by atoms with Crippen LogP contribution in [0.25, 0.3) is 10.9 Å². The summed E-state index contributed by atoms with van der Waals surface area (Å²) in [5.74, 6) is -0.512. The number of nitrogens with one attached hydrogen (secondary N) is 1. The lowest BCUT2D eigenvalue weighted by Crippen LogP contribution is -2.32. The van der Waals surface area contributed by atoms with E-state index in [1.54, 1.807) is 24.1 Å². The highest BCUT2D eigenvalue weighted by Gasteiger charge is 2.44. The number of amides is 1. The Hall–Kier alpha value is -3.36. The van der Waals surface area contributed by atoms with Crippen LogP contribution in [0.4, 0.5) is 0 Å². The van der Waals surface area contributed by atoms with Crippen LogP contribution < -0.4 is 4.74 Å². The Kier molecular flexibility index (Phi) is 5.32. The molecule has 1 unspecified atom stereocenters. The SMILES string of the molecule is COc1ccc2[nH]cc(CCN3C(=O)C(O)=C(C(=O)c4cccs4)C3c3cccs3)c2c1. The van der Waals surface area contributed by atoms with Crippen molar-refractivity contribution >= 4 is 45.3 Å². The number of H-pyrrole nitrogens is 1. The molecule has 0 bridgehead atoms. The number of Topliss-reactive ketones (excluding diaryl/α,β-unsaturated/α-hetero) is 1. The molecule has 1 atom stereocenters. The summed E-state index contributed by atoms with van der Waals surface area (Å²) >= 11 is 2.77. The quantitative estimate of drug-likeness (QED) is 0.372. The molecule has 1 aromatic carbocycles. The van der Waals surface area contributed by atoms with Gasteiger partial charge in [-0.3, -0.25) is 9.59 Å². The number of carbonyl (C=O) groups excluding carboxylic acids is 2. The summed E-state index contributed by atoms with van der Waals surface area (Å²) in [6, 6.07) is 12.5. The summed E-state index contributed by atoms with van der Waals surface area (Å²) in [5, 5.41) is 15.5. The molecule has 32 heavy (non-hydrogen) atoms. The highest BCUT2D eigenvalue weighted by molar-refractivity contribution is 7.12. The van der Waals surface area contributed by atoms with Crippen LogP contribution in [-0.4, -0.2) is 40.3 Å². The zero-order valence-electron chi connectivity index (χ0n) is 17.2. The molecule has 5 rings (SSSR count). The van der Waals surface area contributed by atoms with Crippen LogP contribution in [0.5, 0.6) is 5.75 Å². The number of carbonyl (C=O) groups is 2. The number of fused-ring (bicyclic) bond motifs is 1. The van der Waals surface area contributed by atoms with Crippen molar-refractivity contribution in [3.8, 4) is 5.75 Å². The molecule has 4 heterocycles. The maximum atomic E-state index is 13.2. The number of aliphatic hydroxyl groups excluding tert-OH is 1. The van der Waals surface area contributed by atoms with Crippen molar-refractivity contribution in [3.63, 3.8) is 0 Å². The topological polar surface area (TPSA) is 82.6 Å². The Bertz CT molecular complexity index is 1320. The fourth-order valence-electron chi connectivity index (χ4n) is 4.13. The smallest absolute Gasteiger partial charge is 0.290 e. The average molecular weight is 465 g/mol. The van der Waals surface area contributed by atoms with Gasteiger partial charge < -0.3 is 19.7 Å². The molecule has 0 radical (unpaired) electrons. The average Bonchev–Trinajstić information content (AvgIpc) is 3.60. The Labute approximate surface area is 192 Å². The van der Waals surface area contributed by atoms with E-state index in [2.05, 4.69) is 4.98 Å². The molecule has 1 aliphatic heterocycles. The van der Waals surface area contributed by atoms with Crippen molar-refractivity contribution < 1.29 is 19.4 Å². The van der Waals surface area contributed by atoms with Crippen LogP contribution in [0, 0.1) is 0 Å². The zero-order chi connectivity index (χ0) is 22.2. The number of aliphatic hydroxyl groups is 1. The van der Waals surface area contributed by atoms with Crippen LogP contribution in [0.3, 0.4) is 0 Å². The molecule has 162 valence electrons. The number of hydrogen-bond acceptors (Lipinski definition) is 6. The Morgan fingerprint density at radius 3 is 2.72 bits per heavy atom. The predicted molar refractivity (Wildman–Crippen MR) is 126 cm³/mol. The van der Waals surface area contributed by atoms with E-state index in [1.165, 1.54) is 22.7 Å². The van der Waals surface area contributed by atoms with E-state index < -0.39 is 17.7 Å². The standard InChI is InChI=1S/C24H20N2O4S2/c1-30-15-6-7-17-16(12-15)14(13-25-17)8-9-26-21(18-4-2-10-31-18)20(23(28)24(26)29)22(27)19-5-3-11-32-19/h2-7,10-13,21,25,28H,8-9H2,1H3. The molecule has 6 nitrogen and oxygen atoms in total. The highest BCUT2D eigenvalue weighted by Crippen LogP contribution is 2.41. The molecular weight excluding hydrogens is 444 g/mol. The highest BCUT2D eigenvalue weighted by atomic mass is 32.1. The van der Waals surface area contributed by atoms with Gasteiger partial charge in [0.2, 0.25) is 5.78 Å². The molecule has 1 aliphatic rings. The number of benzene rings is 1. The fraction of sp³-hybridized carbons (Fsp3) is 0.167. The molecule has 0 aliphatic carbocycles. The largest absolute Gasteiger partial charge is 0.503 e. The number of aromatic nitrogens is 1. The lowest BCUT2D eigenvalue weighted by atomic mass is 10.0. The first-order valence-electron chi connectivity index (χ1n) is 10.1. The first-order valence-corrected chi connectivity index (χ1v) is 11.8. The molecule has 8 heteroatoms. The lowest BCUT2D eigenvalue weighted by Gasteiger charge is -2.25. The van der Waals surface area contributed by atoms with E-state index in [9.17, 15) is 14.7 Å². The summed E-state index contributed by atoms with van der Waals surface area (Å²) in [4.78, 5) is 32.5. The summed E-state index contributed by atoms with van der Waals surface area (Å²) < 4.78 is 5.34. The van der Waals surface area contributed by atoms with Crippen LogP contribution in [-0.2, 0) is 11.2 Å². The van der Waals surface area contributed by atoms with Gasteiger partial charge in [0.1, 0.15) is 5.75 Å². The van der Waals surface area contributed by atoms with Gasteiger partial charge in [0.15, 0.2) is 5.76 Å². The first kappa shape index (κ1) is 20.5. The van der Waals surface area contributed by atoms with Crippen molar-refractivity contribution in [2.75, 3.05) is 13.7 Å². The van der Waals surface area contributed by atoms with Gasteiger partial charge >= 0.3 is 0 Å². The normalized spacial score (nSPS) is 16.3. The molecule has 0 fully saturated rings. The minimum Gasteiger partial charge on any atom is -0.503 e. The number of methoxy groups -OCH3 is 1. The second-order valence-corrected chi connectivity index (χ2v) is 9.39. The zero-order valence-corrected chi connectivity index (χ0v) is 18.8. The van der Waals surface area contributed by atoms with E-state index in [-0.39, 0.29) is 11.4 Å². The molecular formula is C24H20N2O4S2. The molecule has 0 saturated carbocycles. The van der Waals surface area contributed by atoms with Crippen molar-refractivity contribution in [2.24, 2.45) is 0 Å². The van der Waals surface area contributed by atoms with Gasteiger partial charge in [0, 0.05) is 28.5 Å². The third-order valence-electron chi connectivity index (χ3n) is 5.70. The Morgan fingerprint density at radius 2 is 2.00 bits per heavy atom. The maximum Gasteiger partial charge on any atom is 0.290 e. The monoisotopic (exact) mass is 464 g/mol. The summed E-state index contributed by atoms with van der Waals surface area (Å²) in [7, 11) is 1.63. The minimum atomic E-state index is -0.600. The number of rotatable bonds is 7. The van der Waals surface area contributed by atoms with Gasteiger partial charge in [-0.25, -0.2) is 0 Å². The summed E-state index contributed by atoms with van der Waals surface area (Å²) in [6.07, 6.45) is 2.49. The van der Waals surface area contributed by atoms with Crippen LogP contribution in [0.2, 0.25) is 0 Å². The van der Waals surface area contributed by atoms with E-state index in [1.807, 2.05) is 47.3 Å². The summed E-state index contributed by atoms with van der Waals surface area (Å²) in [5.41, 5.74) is 2.17. The van der Waals surface area contributed by atoms with E-state index in [0.717, 1.165) is 27.1 Å². The molecule has 3 aromatic heterocycles. The van der Waals surface area contributed by atoms with Crippen molar-refractivity contribution in [3.05, 3.63) is 86.1 Å². The second kappa shape index (κ2) is 8.29. The second-order valence-electron chi connectivity index (χ2n) is 7.46. The van der Waals surface area contributed by atoms with Crippen molar-refractivity contribution in [2.45, 2.75) is 12.5 Å². The van der Waals surface area contributed by atoms with Crippen molar-refractivity contribution in [1.82, 2.24) is 9.88 Å². The minimum absolute atomic E-state index is 0.153. The first-order chi connectivity index (χ1) is 15.6. The molecule has 1 amide bonds. The van der Waals surface area contributed by atoms with E-state index in [4.69, 9.17) is 4.74 Å². The molecule has 4 aromatic rings. The van der Waals surface area contributed by atoms with Crippen molar-refractivity contribution in [1.29, 1.82) is 0 Å². The van der Waals surface area contributed by atoms with E-state index >= 15 is 0 Å². The van der Waals surface area contributed by atoms with Gasteiger partial charge in [-0.1, -0.05) is 12.1 Å². The van der Waals surface area contributed by atoms with Crippen LogP contribution in [0.1, 0.15) is 26.2 Å². The molecule has 0 saturated heterocycles. The number of thiophene rings is 2. The maximum absolute atomic E-state index is 13.2. The Balaban J connectivity index is 1.47. The third kappa shape index (κ3) is 3.41. The van der Waals surface area contributed by atoms with Crippen LogP contribution in [0.15, 0.2) is 70.8 Å². The van der Waals surface area contributed by atoms with Crippen LogP contribution >= 0.6 is 22.7 Å². The number of nitrogens with zero attached hydrogens (tertiary/aromatic N) is 1. The third-order valence-corrected chi connectivity index (χ3v) is 7.50. The predicted octanol–water partition coefficient (Wildman–Crippen LogP) is 5.12. The van der Waals surface area contributed by atoms with Gasteiger partial charge in [-0.15, -0.1) is 22.7 Å². The summed E-state index contributed by atoms with van der Waals surface area (Å²) in [6.45, 7) is 0.358. The van der Waals surface area contributed by atoms with Gasteiger partial charge in [0.25, 0.3) is 5.91 Å². The number of ether oxygens (including phenoxy) is 1. The lowest BCUT2D eigenvalue weighted by molar-refractivity contribution is -0.129. The van der Waals surface area contributed by atoms with Gasteiger partial charge in [0.05, 0.1) is 23.6 Å².